The van der Waals surface area contributed by atoms with Crippen LogP contribution in [0.5, 0.6) is 0 Å². The number of hydrogen-bond donors (Lipinski definition) is 1. The van der Waals surface area contributed by atoms with Crippen LogP contribution in [0.25, 0.3) is 28.2 Å². The van der Waals surface area contributed by atoms with Crippen molar-refractivity contribution in [2.75, 3.05) is 6.26 Å². The fourth-order valence-corrected chi connectivity index (χ4v) is 4.43. The van der Waals surface area contributed by atoms with E-state index in [1.54, 1.807) is 25.1 Å². The zero-order chi connectivity index (χ0) is 23.6. The predicted molar refractivity (Wildman–Crippen MR) is 131 cm³/mol. The highest BCUT2D eigenvalue weighted by Gasteiger charge is 2.16. The number of hydrogen-bond acceptors (Lipinski definition) is 5. The molecule has 0 atom stereocenters. The van der Waals surface area contributed by atoms with E-state index in [2.05, 4.69) is 18.1 Å². The minimum absolute atomic E-state index is 0.292. The van der Waals surface area contributed by atoms with E-state index in [0.717, 1.165) is 34.6 Å². The van der Waals surface area contributed by atoms with Gasteiger partial charge >= 0.3 is 0 Å². The lowest BCUT2D eigenvalue weighted by Gasteiger charge is -2.12. The van der Waals surface area contributed by atoms with Crippen molar-refractivity contribution in [2.45, 2.75) is 25.2 Å². The Morgan fingerprint density at radius 3 is 2.39 bits per heavy atom. The molecule has 6 nitrogen and oxygen atoms in total. The number of rotatable bonds is 6. The van der Waals surface area contributed by atoms with Gasteiger partial charge in [0.15, 0.2) is 9.84 Å². The van der Waals surface area contributed by atoms with Crippen LogP contribution in [0.2, 0.25) is 0 Å². The van der Waals surface area contributed by atoms with Gasteiger partial charge in [-0.05, 0) is 54.3 Å². The first-order valence-electron chi connectivity index (χ1n) is 10.6. The molecule has 0 unspecified atom stereocenters. The molecule has 4 rings (SSSR count). The molecule has 1 heterocycles. The van der Waals surface area contributed by atoms with Gasteiger partial charge in [0.1, 0.15) is 17.2 Å². The van der Waals surface area contributed by atoms with Crippen molar-refractivity contribution in [1.29, 1.82) is 0 Å². The summed E-state index contributed by atoms with van der Waals surface area (Å²) in [6, 6.07) is 22.9. The first kappa shape index (κ1) is 22.5. The fourth-order valence-electron chi connectivity index (χ4n) is 3.76. The van der Waals surface area contributed by atoms with E-state index >= 15 is 0 Å². The lowest BCUT2D eigenvalue weighted by atomic mass is 10.0. The largest absolute Gasteiger partial charge is 0.411 e. The van der Waals surface area contributed by atoms with E-state index in [-0.39, 0.29) is 0 Å². The summed E-state index contributed by atoms with van der Waals surface area (Å²) in [7, 11) is -3.28. The highest BCUT2D eigenvalue weighted by atomic mass is 32.2. The molecule has 1 aromatic heterocycles. The lowest BCUT2D eigenvalue weighted by molar-refractivity contribution is 0.319. The second-order valence-electron chi connectivity index (χ2n) is 7.86. The van der Waals surface area contributed by atoms with Crippen LogP contribution in [0.15, 0.2) is 89.0 Å². The van der Waals surface area contributed by atoms with Gasteiger partial charge in [-0.1, -0.05) is 60.6 Å². The van der Waals surface area contributed by atoms with Crippen LogP contribution in [0, 0.1) is 0 Å². The molecule has 33 heavy (non-hydrogen) atoms. The molecule has 0 spiro atoms. The van der Waals surface area contributed by atoms with Crippen LogP contribution >= 0.6 is 0 Å². The minimum Gasteiger partial charge on any atom is -0.411 e. The first-order chi connectivity index (χ1) is 15.8. The van der Waals surface area contributed by atoms with Gasteiger partial charge in [-0.3, -0.25) is 4.57 Å². The van der Waals surface area contributed by atoms with Crippen LogP contribution in [-0.2, 0) is 16.3 Å². The maximum absolute atomic E-state index is 11.9. The quantitative estimate of drug-likeness (QED) is 0.239. The molecule has 4 aromatic rings. The molecule has 0 saturated heterocycles. The number of oxime groups is 1. The van der Waals surface area contributed by atoms with Gasteiger partial charge in [0.25, 0.3) is 0 Å². The van der Waals surface area contributed by atoms with Gasteiger partial charge in [0.05, 0.1) is 4.90 Å². The smallest absolute Gasteiger partial charge is 0.175 e. The third kappa shape index (κ3) is 4.59. The molecular formula is C26H25N3O3S. The Morgan fingerprint density at radius 1 is 1.00 bits per heavy atom. The molecule has 0 aliphatic carbocycles. The van der Waals surface area contributed by atoms with Crippen LogP contribution in [0.1, 0.15) is 25.1 Å². The second kappa shape index (κ2) is 9.03. The average Bonchev–Trinajstić information content (AvgIpc) is 3.28. The summed E-state index contributed by atoms with van der Waals surface area (Å²) in [6.07, 6.45) is 3.93. The maximum atomic E-state index is 11.9. The van der Waals surface area contributed by atoms with Gasteiger partial charge in [0, 0.05) is 23.7 Å². The topological polar surface area (TPSA) is 84.6 Å². The highest BCUT2D eigenvalue weighted by molar-refractivity contribution is 7.90. The van der Waals surface area contributed by atoms with Crippen LogP contribution in [0.4, 0.5) is 0 Å². The monoisotopic (exact) mass is 459 g/mol. The Morgan fingerprint density at radius 2 is 1.73 bits per heavy atom. The van der Waals surface area contributed by atoms with E-state index in [1.807, 2.05) is 59.3 Å². The van der Waals surface area contributed by atoms with E-state index < -0.39 is 9.84 Å². The van der Waals surface area contributed by atoms with Crippen molar-refractivity contribution in [2.24, 2.45) is 5.16 Å². The molecule has 0 bridgehead atoms. The Balaban J connectivity index is 1.81. The number of aromatic nitrogens is 2. The third-order valence-corrected chi connectivity index (χ3v) is 6.72. The molecule has 0 amide bonds. The fraction of sp³-hybridized carbons (Fsp3) is 0.154. The minimum atomic E-state index is -3.28. The van der Waals surface area contributed by atoms with E-state index in [1.165, 1.54) is 11.8 Å². The highest BCUT2D eigenvalue weighted by Crippen LogP contribution is 2.29. The van der Waals surface area contributed by atoms with Crippen molar-refractivity contribution in [1.82, 2.24) is 9.55 Å². The lowest BCUT2D eigenvalue weighted by Crippen LogP contribution is -1.99. The predicted octanol–water partition coefficient (Wildman–Crippen LogP) is 5.37. The normalized spacial score (nSPS) is 12.2. The number of sulfone groups is 1. The summed E-state index contributed by atoms with van der Waals surface area (Å²) in [5.74, 6) is 0.761. The first-order valence-corrected chi connectivity index (χ1v) is 12.5. The van der Waals surface area contributed by atoms with Crippen molar-refractivity contribution in [3.63, 3.8) is 0 Å². The van der Waals surface area contributed by atoms with Gasteiger partial charge in [-0.2, -0.15) is 0 Å². The zero-order valence-electron chi connectivity index (χ0n) is 18.7. The van der Waals surface area contributed by atoms with Gasteiger partial charge in [-0.25, -0.2) is 13.4 Å². The molecule has 0 fully saturated rings. The molecule has 0 saturated carbocycles. The van der Waals surface area contributed by atoms with Crippen molar-refractivity contribution in [3.05, 3.63) is 90.3 Å². The van der Waals surface area contributed by atoms with Crippen molar-refractivity contribution >= 4 is 15.5 Å². The number of aryl methyl sites for hydroxylation is 1. The summed E-state index contributed by atoms with van der Waals surface area (Å²) in [5, 5.41) is 12.6. The Hall–Kier alpha value is -3.71. The number of nitrogens with zero attached hydrogens (tertiary/aromatic N) is 3. The molecule has 1 N–H and O–H groups in total. The molecule has 0 aliphatic heterocycles. The average molecular weight is 460 g/mol. The summed E-state index contributed by atoms with van der Waals surface area (Å²) in [4.78, 5) is 5.05. The summed E-state index contributed by atoms with van der Waals surface area (Å²) in [5.41, 5.74) is 5.83. The van der Waals surface area contributed by atoms with Gasteiger partial charge < -0.3 is 5.21 Å². The standard InChI is InChI=1S/C26H25N3O3S/c1-4-19-8-5-6-11-24(19)26-27-25(18(2)28-30)17-29(26)22-14-12-20(13-15-22)21-9-7-10-23(16-21)33(3,31)32/h5-17,30H,4H2,1-3H3/b28-18+. The SMILES string of the molecule is CCc1ccccc1-c1nc(/C(C)=N/O)cn1-c1ccc(-c2cccc(S(C)(=O)=O)c2)cc1. The van der Waals surface area contributed by atoms with E-state index in [9.17, 15) is 13.6 Å². The molecule has 168 valence electrons. The summed E-state index contributed by atoms with van der Waals surface area (Å²) in [6.45, 7) is 3.81. The molecule has 0 aliphatic rings. The van der Waals surface area contributed by atoms with Crippen LogP contribution in [-0.4, -0.2) is 35.1 Å². The second-order valence-corrected chi connectivity index (χ2v) is 9.88. The van der Waals surface area contributed by atoms with Crippen molar-refractivity contribution in [3.8, 4) is 28.2 Å². The van der Waals surface area contributed by atoms with Gasteiger partial charge in [-0.15, -0.1) is 0 Å². The Bertz CT molecular complexity index is 1440. The zero-order valence-corrected chi connectivity index (χ0v) is 19.5. The maximum Gasteiger partial charge on any atom is 0.175 e. The molecular weight excluding hydrogens is 434 g/mol. The van der Waals surface area contributed by atoms with Gasteiger partial charge in [0.2, 0.25) is 0 Å². The van der Waals surface area contributed by atoms with E-state index in [0.29, 0.717) is 16.3 Å². The Kier molecular flexibility index (Phi) is 6.16. The summed E-state index contributed by atoms with van der Waals surface area (Å²) >= 11 is 0. The number of imidazole rings is 1. The van der Waals surface area contributed by atoms with Crippen molar-refractivity contribution < 1.29 is 13.6 Å². The third-order valence-electron chi connectivity index (χ3n) is 5.61. The molecule has 7 heteroatoms. The summed E-state index contributed by atoms with van der Waals surface area (Å²) < 4.78 is 25.8. The van der Waals surface area contributed by atoms with Crippen LogP contribution in [0.3, 0.4) is 0 Å². The molecule has 0 radical (unpaired) electrons. The molecule has 3 aromatic carbocycles. The Labute approximate surface area is 193 Å². The number of benzene rings is 3. The van der Waals surface area contributed by atoms with E-state index in [4.69, 9.17) is 4.98 Å². The van der Waals surface area contributed by atoms with Crippen LogP contribution < -0.4 is 0 Å².